The Hall–Kier alpha value is -1.42. The quantitative estimate of drug-likeness (QED) is 0.918. The molecule has 4 nitrogen and oxygen atoms in total. The summed E-state index contributed by atoms with van der Waals surface area (Å²) >= 11 is 0. The fourth-order valence-electron chi connectivity index (χ4n) is 2.90. The normalized spacial score (nSPS) is 18.1. The van der Waals surface area contributed by atoms with Crippen LogP contribution in [-0.2, 0) is 6.42 Å². The van der Waals surface area contributed by atoms with Gasteiger partial charge in [0.1, 0.15) is 0 Å². The van der Waals surface area contributed by atoms with Gasteiger partial charge in [-0.2, -0.15) is 0 Å². The van der Waals surface area contributed by atoms with E-state index in [9.17, 15) is 9.90 Å². The van der Waals surface area contributed by atoms with Crippen molar-refractivity contribution in [2.45, 2.75) is 39.5 Å². The number of likely N-dealkylation sites (tertiary alicyclic amines) is 1. The number of nitrogens with zero attached hydrogens (tertiary/aromatic N) is 2. The van der Waals surface area contributed by atoms with Crippen molar-refractivity contribution in [3.63, 3.8) is 0 Å². The lowest BCUT2D eigenvalue weighted by Crippen LogP contribution is -2.44. The molecule has 0 bridgehead atoms. The van der Waals surface area contributed by atoms with Crippen LogP contribution in [0.5, 0.6) is 0 Å². The highest BCUT2D eigenvalue weighted by Gasteiger charge is 2.34. The topological polar surface area (TPSA) is 53.4 Å². The first-order valence-electron chi connectivity index (χ1n) is 7.49. The first-order valence-corrected chi connectivity index (χ1v) is 7.49. The Labute approximate surface area is 120 Å². The molecule has 20 heavy (non-hydrogen) atoms. The van der Waals surface area contributed by atoms with E-state index in [4.69, 9.17) is 0 Å². The van der Waals surface area contributed by atoms with E-state index in [0.29, 0.717) is 0 Å². The Balaban J connectivity index is 2.09. The van der Waals surface area contributed by atoms with Crippen molar-refractivity contribution in [2.75, 3.05) is 19.7 Å². The van der Waals surface area contributed by atoms with E-state index < -0.39 is 0 Å². The van der Waals surface area contributed by atoms with Gasteiger partial charge in [-0.25, -0.2) is 0 Å². The molecule has 1 fully saturated rings. The number of aromatic nitrogens is 1. The summed E-state index contributed by atoms with van der Waals surface area (Å²) in [6, 6.07) is 1.81. The van der Waals surface area contributed by atoms with Crippen molar-refractivity contribution in [3.8, 4) is 0 Å². The molecule has 0 unspecified atom stereocenters. The summed E-state index contributed by atoms with van der Waals surface area (Å²) in [6.07, 6.45) is 7.03. The largest absolute Gasteiger partial charge is 0.396 e. The first-order chi connectivity index (χ1) is 9.65. The summed E-state index contributed by atoms with van der Waals surface area (Å²) in [5.74, 6) is 0.104. The van der Waals surface area contributed by atoms with E-state index in [2.05, 4.69) is 11.9 Å². The van der Waals surface area contributed by atoms with Crippen LogP contribution in [-0.4, -0.2) is 40.6 Å². The predicted octanol–water partition coefficient (Wildman–Crippen LogP) is 2.27. The van der Waals surface area contributed by atoms with Gasteiger partial charge in [0.15, 0.2) is 0 Å². The Morgan fingerprint density at radius 1 is 1.40 bits per heavy atom. The van der Waals surface area contributed by atoms with Gasteiger partial charge in [-0.1, -0.05) is 13.8 Å². The van der Waals surface area contributed by atoms with Crippen molar-refractivity contribution < 1.29 is 9.90 Å². The van der Waals surface area contributed by atoms with Crippen LogP contribution in [0.25, 0.3) is 0 Å². The average Bonchev–Trinajstić information content (AvgIpc) is 2.54. The van der Waals surface area contributed by atoms with E-state index in [0.717, 1.165) is 49.9 Å². The number of amides is 1. The number of rotatable bonds is 4. The number of pyridine rings is 1. The Bertz CT molecular complexity index is 459. The van der Waals surface area contributed by atoms with Gasteiger partial charge in [0.25, 0.3) is 5.91 Å². The minimum atomic E-state index is 0.0165. The Kier molecular flexibility index (Phi) is 4.76. The van der Waals surface area contributed by atoms with Gasteiger partial charge in [-0.3, -0.25) is 9.78 Å². The highest BCUT2D eigenvalue weighted by atomic mass is 16.3. The number of aryl methyl sites for hydroxylation is 1. The number of hydrogen-bond acceptors (Lipinski definition) is 3. The second kappa shape index (κ2) is 6.35. The van der Waals surface area contributed by atoms with Crippen LogP contribution in [0.4, 0.5) is 0 Å². The lowest BCUT2D eigenvalue weighted by atomic mass is 9.77. The lowest BCUT2D eigenvalue weighted by Gasteiger charge is -2.40. The number of piperidine rings is 1. The fourth-order valence-corrected chi connectivity index (χ4v) is 2.90. The summed E-state index contributed by atoms with van der Waals surface area (Å²) < 4.78 is 0. The average molecular weight is 276 g/mol. The van der Waals surface area contributed by atoms with Crippen LogP contribution in [0.3, 0.4) is 0 Å². The molecule has 1 aliphatic rings. The van der Waals surface area contributed by atoms with E-state index in [1.807, 2.05) is 17.9 Å². The first kappa shape index (κ1) is 15.0. The van der Waals surface area contributed by atoms with Crippen LogP contribution < -0.4 is 0 Å². The molecule has 0 aliphatic carbocycles. The van der Waals surface area contributed by atoms with Crippen LogP contribution in [0.1, 0.15) is 49.0 Å². The molecule has 2 heterocycles. The van der Waals surface area contributed by atoms with Crippen LogP contribution in [0, 0.1) is 5.41 Å². The summed E-state index contributed by atoms with van der Waals surface area (Å²) in [6.45, 7) is 5.85. The minimum absolute atomic E-state index is 0.0165. The predicted molar refractivity (Wildman–Crippen MR) is 78.6 cm³/mol. The molecule has 1 aromatic heterocycles. The third-order valence-electron chi connectivity index (χ3n) is 4.71. The molecule has 1 N–H and O–H groups in total. The maximum absolute atomic E-state index is 12.6. The molecule has 0 atom stereocenters. The zero-order valence-corrected chi connectivity index (χ0v) is 12.4. The number of aliphatic hydroxyl groups excluding tert-OH is 1. The van der Waals surface area contributed by atoms with Gasteiger partial charge in [-0.05, 0) is 42.7 Å². The summed E-state index contributed by atoms with van der Waals surface area (Å²) in [7, 11) is 0. The number of carbonyl (C=O) groups is 1. The molecule has 0 radical (unpaired) electrons. The molecule has 1 saturated heterocycles. The smallest absolute Gasteiger partial charge is 0.254 e. The highest BCUT2D eigenvalue weighted by molar-refractivity contribution is 5.95. The summed E-state index contributed by atoms with van der Waals surface area (Å²) in [4.78, 5) is 18.6. The van der Waals surface area contributed by atoms with Crippen LogP contribution in [0.2, 0.25) is 0 Å². The molecule has 1 amide bonds. The maximum Gasteiger partial charge on any atom is 0.254 e. The second-order valence-electron chi connectivity index (χ2n) is 5.69. The van der Waals surface area contributed by atoms with Gasteiger partial charge in [0.05, 0.1) is 0 Å². The van der Waals surface area contributed by atoms with Gasteiger partial charge >= 0.3 is 0 Å². The lowest BCUT2D eigenvalue weighted by molar-refractivity contribution is 0.0337. The van der Waals surface area contributed by atoms with Gasteiger partial charge in [-0.15, -0.1) is 0 Å². The number of carbonyl (C=O) groups excluding carboxylic acids is 1. The van der Waals surface area contributed by atoms with Crippen molar-refractivity contribution in [3.05, 3.63) is 29.6 Å². The minimum Gasteiger partial charge on any atom is -0.396 e. The SMILES string of the molecule is CCc1cnccc1C(=O)N1CCC(CC)(CO)CC1. The van der Waals surface area contributed by atoms with Gasteiger partial charge in [0, 0.05) is 37.7 Å². The Morgan fingerprint density at radius 3 is 2.65 bits per heavy atom. The molecule has 110 valence electrons. The zero-order valence-electron chi connectivity index (χ0n) is 12.4. The van der Waals surface area contributed by atoms with Crippen molar-refractivity contribution >= 4 is 5.91 Å². The standard InChI is InChI=1S/C16H24N2O2/c1-3-13-11-17-8-5-14(13)15(20)18-9-6-16(4-2,12-19)7-10-18/h5,8,11,19H,3-4,6-7,9-10,12H2,1-2H3. The van der Waals surface area contributed by atoms with Crippen molar-refractivity contribution in [1.82, 2.24) is 9.88 Å². The third-order valence-corrected chi connectivity index (χ3v) is 4.71. The van der Waals surface area contributed by atoms with Gasteiger partial charge in [0.2, 0.25) is 0 Å². The molecule has 2 rings (SSSR count). The Morgan fingerprint density at radius 2 is 2.10 bits per heavy atom. The molecular formula is C16H24N2O2. The molecule has 0 spiro atoms. The maximum atomic E-state index is 12.6. The zero-order chi connectivity index (χ0) is 14.6. The van der Waals surface area contributed by atoms with Crippen LogP contribution >= 0.6 is 0 Å². The highest BCUT2D eigenvalue weighted by Crippen LogP contribution is 2.34. The summed E-state index contributed by atoms with van der Waals surface area (Å²) in [5, 5.41) is 9.55. The summed E-state index contributed by atoms with van der Waals surface area (Å²) in [5.41, 5.74) is 1.80. The van der Waals surface area contributed by atoms with Gasteiger partial charge < -0.3 is 10.0 Å². The van der Waals surface area contributed by atoms with Crippen molar-refractivity contribution in [2.24, 2.45) is 5.41 Å². The second-order valence-corrected chi connectivity index (χ2v) is 5.69. The number of hydrogen-bond donors (Lipinski definition) is 1. The fraction of sp³-hybridized carbons (Fsp3) is 0.625. The molecule has 1 aliphatic heterocycles. The van der Waals surface area contributed by atoms with E-state index in [-0.39, 0.29) is 17.9 Å². The molecule has 1 aromatic rings. The van der Waals surface area contributed by atoms with E-state index in [1.54, 1.807) is 12.4 Å². The van der Waals surface area contributed by atoms with Crippen molar-refractivity contribution in [1.29, 1.82) is 0 Å². The molecule has 0 aromatic carbocycles. The van der Waals surface area contributed by atoms with E-state index >= 15 is 0 Å². The molecular weight excluding hydrogens is 252 g/mol. The molecule has 4 heteroatoms. The van der Waals surface area contributed by atoms with Crippen LogP contribution in [0.15, 0.2) is 18.5 Å². The monoisotopic (exact) mass is 276 g/mol. The van der Waals surface area contributed by atoms with E-state index in [1.165, 1.54) is 0 Å². The molecule has 0 saturated carbocycles. The third kappa shape index (κ3) is 2.85. The number of aliphatic hydroxyl groups is 1.